The van der Waals surface area contributed by atoms with Crippen LogP contribution in [0.2, 0.25) is 0 Å². The molecule has 7 heavy (non-hydrogen) atoms. The van der Waals surface area contributed by atoms with Gasteiger partial charge in [-0.3, -0.25) is 0 Å². The molecular weight excluding hydrogens is 108 g/mol. The van der Waals surface area contributed by atoms with Crippen LogP contribution in [0.25, 0.3) is 0 Å². The zero-order valence-corrected chi connectivity index (χ0v) is 4.62. The second-order valence-electron chi connectivity index (χ2n) is 0.622. The van der Waals surface area contributed by atoms with Crippen LogP contribution in [0.5, 0.6) is 0 Å². The zero-order chi connectivity index (χ0) is 6.41. The molecule has 0 radical (unpaired) electrons. The van der Waals surface area contributed by atoms with Crippen LogP contribution in [-0.4, -0.2) is 7.38 Å². The Bertz CT molecular complexity index is 188. The molecule has 1 unspecified atom stereocenters. The van der Waals surface area contributed by atoms with Crippen LogP contribution in [0.4, 0.5) is 0 Å². The molecule has 0 rings (SSSR count). The minimum absolute atomic E-state index is 0.767. The molecule has 0 spiro atoms. The van der Waals surface area contributed by atoms with Crippen molar-refractivity contribution in [2.45, 2.75) is 0 Å². The molecule has 0 aliphatic heterocycles. The lowest BCUT2D eigenvalue weighted by Crippen LogP contribution is -1.49. The number of thiol groups is 1. The van der Waals surface area contributed by atoms with Crippen LogP contribution in [0.1, 0.15) is 0 Å². The number of rotatable bonds is 0. The minimum atomic E-state index is -0.767. The first-order valence-corrected chi connectivity index (χ1v) is 2.72. The molecule has 0 heterocycles. The van der Waals surface area contributed by atoms with Crippen molar-refractivity contribution in [2.24, 2.45) is 4.36 Å². The van der Waals surface area contributed by atoms with Gasteiger partial charge < -0.3 is 0 Å². The quantitative estimate of drug-likeness (QED) is 0.351. The maximum atomic E-state index is 7.84. The molecule has 0 aromatic rings. The van der Waals surface area contributed by atoms with E-state index in [1.54, 1.807) is 12.3 Å². The first-order chi connectivity index (χ1) is 3.77. The van der Waals surface area contributed by atoms with Gasteiger partial charge in [-0.1, -0.05) is 0 Å². The Morgan fingerprint density at radius 2 is 2.71 bits per heavy atom. The van der Waals surface area contributed by atoms with Gasteiger partial charge in [0.25, 0.3) is 0 Å². The molecule has 2 nitrogen and oxygen atoms in total. The number of hydrogen-bond donors (Lipinski definition) is 1. The standard InChI is InChI=1S/C4H4N2S/c1-7-6-4-2-3-5/h7H,1H3/i7D. The smallest absolute Gasteiger partial charge is 0.154 e. The average molecular weight is 113 g/mol. The van der Waals surface area contributed by atoms with Crippen molar-refractivity contribution in [3.63, 3.8) is 0 Å². The predicted molar refractivity (Wildman–Crippen MR) is 30.5 cm³/mol. The molecule has 0 aliphatic carbocycles. The topological polar surface area (TPSA) is 36.1 Å². The normalized spacial score (nSPS) is 12.9. The van der Waals surface area contributed by atoms with Crippen molar-refractivity contribution in [1.82, 2.24) is 0 Å². The van der Waals surface area contributed by atoms with E-state index < -0.39 is 11.5 Å². The molecule has 0 N–H and O–H groups in total. The van der Waals surface area contributed by atoms with Gasteiger partial charge in [0.2, 0.25) is 0 Å². The van der Waals surface area contributed by atoms with Gasteiger partial charge in [-0.2, -0.15) is 9.62 Å². The Morgan fingerprint density at radius 3 is 3.14 bits per heavy atom. The minimum Gasteiger partial charge on any atom is -0.183 e. The highest BCUT2D eigenvalue weighted by Gasteiger charge is 1.50. The van der Waals surface area contributed by atoms with Crippen molar-refractivity contribution in [1.29, 1.82) is 6.39 Å². The van der Waals surface area contributed by atoms with Crippen molar-refractivity contribution < 1.29 is 0 Å². The van der Waals surface area contributed by atoms with Crippen LogP contribution < -0.4 is 0 Å². The van der Waals surface area contributed by atoms with Gasteiger partial charge in [-0.25, -0.2) is 0 Å². The first kappa shape index (κ1) is 4.36. The largest absolute Gasteiger partial charge is 0.183 e. The van der Waals surface area contributed by atoms with Gasteiger partial charge in [0, 0.05) is 5.92 Å². The molecule has 36 valence electrons. The summed E-state index contributed by atoms with van der Waals surface area (Å²) in [6, 6.07) is 3.76. The fourth-order valence-corrected chi connectivity index (χ4v) is 0.230. The Balaban J connectivity index is 3.80. The summed E-state index contributed by atoms with van der Waals surface area (Å²) < 4.78 is 10.2. The summed E-state index contributed by atoms with van der Waals surface area (Å²) in [5.74, 6) is 2.06. The molecule has 0 saturated heterocycles. The molecule has 0 aliphatic rings. The van der Waals surface area contributed by atoms with Crippen LogP contribution in [-0.2, 0) is 11.5 Å². The molecule has 1 atom stereocenters. The highest BCUT2D eigenvalue weighted by Crippen LogP contribution is 1.56. The highest BCUT2D eigenvalue weighted by atomic mass is 32.1. The molecule has 0 fully saturated rings. The average Bonchev–Trinajstić information content (AvgIpc) is 1.66. The lowest BCUT2D eigenvalue weighted by atomic mass is 10.8. The van der Waals surface area contributed by atoms with E-state index >= 15 is 0 Å². The summed E-state index contributed by atoms with van der Waals surface area (Å²) in [7, 11) is 0. The molecule has 0 amide bonds. The Hall–Kier alpha value is -0.800. The summed E-state index contributed by atoms with van der Waals surface area (Å²) in [6.07, 6.45) is 1.60. The van der Waals surface area contributed by atoms with Gasteiger partial charge in [-0.15, -0.1) is 11.5 Å². The van der Waals surface area contributed by atoms with Crippen molar-refractivity contribution in [2.75, 3.05) is 6.26 Å². The molecule has 3 heteroatoms. The monoisotopic (exact) mass is 113 g/mol. The second-order valence-corrected chi connectivity index (χ2v) is 1.17. The Labute approximate surface area is 47.4 Å². The van der Waals surface area contributed by atoms with Gasteiger partial charge >= 0.3 is 0 Å². The number of hydrogen-bond acceptors (Lipinski definition) is 2. The first-order valence-electron chi connectivity index (χ1n) is 1.95. The van der Waals surface area contributed by atoms with Crippen molar-refractivity contribution in [3.05, 3.63) is 0 Å². The molecular formula is C4H4N2S. The second kappa shape index (κ2) is 5.20. The summed E-state index contributed by atoms with van der Waals surface area (Å²) >= 11 is -0.767. The van der Waals surface area contributed by atoms with Crippen molar-refractivity contribution in [3.8, 4) is 18.0 Å². The number of nitrogens with zero attached hydrogens (tertiary/aromatic N) is 2. The zero-order valence-electron chi connectivity index (χ0n) is 4.80. The van der Waals surface area contributed by atoms with Gasteiger partial charge in [0.05, 0.1) is 6.04 Å². The summed E-state index contributed by atoms with van der Waals surface area (Å²) in [4.78, 5) is 0. The van der Waals surface area contributed by atoms with Crippen LogP contribution in [0, 0.1) is 23.3 Å². The van der Waals surface area contributed by atoms with E-state index in [0.717, 1.165) is 0 Å². The SMILES string of the molecule is [2H]S(C)=NC#CC#N. The third-order valence-corrected chi connectivity index (χ3v) is 0.523. The van der Waals surface area contributed by atoms with E-state index in [1.807, 2.05) is 0 Å². The Kier molecular flexibility index (Phi) is 3.24. The third-order valence-electron chi connectivity index (χ3n) is 0.249. The summed E-state index contributed by atoms with van der Waals surface area (Å²) in [6.45, 7) is 0. The van der Waals surface area contributed by atoms with E-state index in [0.29, 0.717) is 0 Å². The van der Waals surface area contributed by atoms with Crippen LogP contribution in [0.3, 0.4) is 0 Å². The van der Waals surface area contributed by atoms with Gasteiger partial charge in [0.1, 0.15) is 1.12 Å². The molecule has 0 aromatic heterocycles. The molecule has 0 aromatic carbocycles. The van der Waals surface area contributed by atoms with Crippen LogP contribution >= 0.6 is 0 Å². The summed E-state index contributed by atoms with van der Waals surface area (Å²) in [5.41, 5.74) is 0. The van der Waals surface area contributed by atoms with Gasteiger partial charge in [0.15, 0.2) is 6.07 Å². The van der Waals surface area contributed by atoms with E-state index in [2.05, 4.69) is 16.3 Å². The number of nitriles is 1. The summed E-state index contributed by atoms with van der Waals surface area (Å²) in [5, 5.41) is 7.84. The van der Waals surface area contributed by atoms with Crippen molar-refractivity contribution >= 4 is 11.5 Å². The lowest BCUT2D eigenvalue weighted by Gasteiger charge is -1.57. The third kappa shape index (κ3) is 5.20. The van der Waals surface area contributed by atoms with Crippen LogP contribution in [0.15, 0.2) is 4.36 Å². The fraction of sp³-hybridized carbons (Fsp3) is 0.250. The lowest BCUT2D eigenvalue weighted by molar-refractivity contribution is 1.55. The van der Waals surface area contributed by atoms with E-state index in [1.165, 1.54) is 0 Å². The fourth-order valence-electron chi connectivity index (χ4n) is 0.0935. The van der Waals surface area contributed by atoms with Gasteiger partial charge in [-0.05, 0) is 6.26 Å². The highest BCUT2D eigenvalue weighted by molar-refractivity contribution is 7.67. The molecule has 0 bridgehead atoms. The maximum absolute atomic E-state index is 7.84. The predicted octanol–water partition coefficient (Wildman–Crippen LogP) is 0.0992. The van der Waals surface area contributed by atoms with E-state index in [4.69, 9.17) is 6.39 Å². The van der Waals surface area contributed by atoms with E-state index in [-0.39, 0.29) is 0 Å². The molecule has 0 saturated carbocycles. The maximum Gasteiger partial charge on any atom is 0.154 e. The Morgan fingerprint density at radius 1 is 2.00 bits per heavy atom. The van der Waals surface area contributed by atoms with E-state index in [9.17, 15) is 0 Å².